The lowest BCUT2D eigenvalue weighted by molar-refractivity contribution is -0.146. The van der Waals surface area contributed by atoms with E-state index in [1.165, 1.54) is 0 Å². The van der Waals surface area contributed by atoms with E-state index < -0.39 is 5.97 Å². The molecule has 0 aliphatic heterocycles. The van der Waals surface area contributed by atoms with Crippen molar-refractivity contribution in [1.29, 1.82) is 0 Å². The van der Waals surface area contributed by atoms with Crippen LogP contribution in [0.25, 0.3) is 0 Å². The van der Waals surface area contributed by atoms with E-state index in [1.54, 1.807) is 12.1 Å². The Labute approximate surface area is 116 Å². The van der Waals surface area contributed by atoms with Gasteiger partial charge in [0.1, 0.15) is 0 Å². The van der Waals surface area contributed by atoms with E-state index in [1.807, 2.05) is 12.1 Å². The molecular formula is C13H15ClN2O3. The summed E-state index contributed by atoms with van der Waals surface area (Å²) in [5, 5.41) is 15.0. The average molecular weight is 283 g/mol. The molecule has 0 aromatic heterocycles. The van der Waals surface area contributed by atoms with Crippen molar-refractivity contribution in [3.8, 4) is 0 Å². The second-order valence-corrected chi connectivity index (χ2v) is 5.01. The first kappa shape index (κ1) is 13.7. The number of hydrogen-bond acceptors (Lipinski definition) is 3. The largest absolute Gasteiger partial charge is 0.481 e. The smallest absolute Gasteiger partial charge is 0.306 e. The van der Waals surface area contributed by atoms with Crippen LogP contribution in [0, 0.1) is 5.92 Å². The first-order valence-electron chi connectivity index (χ1n) is 6.07. The van der Waals surface area contributed by atoms with Gasteiger partial charge in [-0.1, -0.05) is 23.7 Å². The fraction of sp³-hybridized carbons (Fsp3) is 0.385. The van der Waals surface area contributed by atoms with Crippen LogP contribution in [-0.4, -0.2) is 29.6 Å². The van der Waals surface area contributed by atoms with Gasteiger partial charge in [-0.3, -0.25) is 9.59 Å². The Balaban J connectivity index is 1.72. The zero-order valence-electron chi connectivity index (χ0n) is 10.2. The van der Waals surface area contributed by atoms with E-state index in [0.717, 1.165) is 0 Å². The molecule has 1 aliphatic rings. The minimum Gasteiger partial charge on any atom is -0.481 e. The van der Waals surface area contributed by atoms with Crippen LogP contribution in [0.1, 0.15) is 12.8 Å². The van der Waals surface area contributed by atoms with Gasteiger partial charge in [-0.25, -0.2) is 0 Å². The molecule has 0 spiro atoms. The van der Waals surface area contributed by atoms with Gasteiger partial charge in [0.2, 0.25) is 5.91 Å². The fourth-order valence-electron chi connectivity index (χ4n) is 2.00. The van der Waals surface area contributed by atoms with Gasteiger partial charge in [0.05, 0.1) is 23.2 Å². The van der Waals surface area contributed by atoms with Gasteiger partial charge in [0.15, 0.2) is 0 Å². The summed E-state index contributed by atoms with van der Waals surface area (Å²) in [4.78, 5) is 22.3. The number of halogens is 1. The van der Waals surface area contributed by atoms with Gasteiger partial charge in [0, 0.05) is 6.04 Å². The third kappa shape index (κ3) is 3.61. The minimum atomic E-state index is -0.792. The maximum Gasteiger partial charge on any atom is 0.306 e. The molecular weight excluding hydrogens is 268 g/mol. The highest BCUT2D eigenvalue weighted by atomic mass is 35.5. The average Bonchev–Trinajstić information content (AvgIpc) is 2.31. The van der Waals surface area contributed by atoms with Gasteiger partial charge in [-0.15, -0.1) is 0 Å². The third-order valence-corrected chi connectivity index (χ3v) is 3.50. The lowest BCUT2D eigenvalue weighted by Gasteiger charge is -2.32. The van der Waals surface area contributed by atoms with Crippen molar-refractivity contribution in [1.82, 2.24) is 5.32 Å². The Kier molecular flexibility index (Phi) is 4.27. The monoisotopic (exact) mass is 282 g/mol. The second kappa shape index (κ2) is 5.93. The molecule has 0 heterocycles. The first-order chi connectivity index (χ1) is 9.06. The molecule has 1 aromatic rings. The van der Waals surface area contributed by atoms with Crippen LogP contribution in [0.4, 0.5) is 5.69 Å². The molecule has 6 heteroatoms. The Morgan fingerprint density at radius 3 is 2.63 bits per heavy atom. The fourth-order valence-corrected chi connectivity index (χ4v) is 2.20. The highest BCUT2D eigenvalue weighted by molar-refractivity contribution is 6.33. The van der Waals surface area contributed by atoms with E-state index >= 15 is 0 Å². The minimum absolute atomic E-state index is 0.0263. The highest BCUT2D eigenvalue weighted by Gasteiger charge is 2.35. The number of anilines is 1. The molecule has 1 fully saturated rings. The molecule has 0 saturated heterocycles. The van der Waals surface area contributed by atoms with Gasteiger partial charge in [-0.2, -0.15) is 0 Å². The van der Waals surface area contributed by atoms with E-state index in [9.17, 15) is 9.59 Å². The predicted molar refractivity (Wildman–Crippen MR) is 72.2 cm³/mol. The third-order valence-electron chi connectivity index (χ3n) is 3.17. The molecule has 102 valence electrons. The maximum atomic E-state index is 11.6. The summed E-state index contributed by atoms with van der Waals surface area (Å²) >= 11 is 5.95. The van der Waals surface area contributed by atoms with Crippen molar-refractivity contribution in [3.63, 3.8) is 0 Å². The summed E-state index contributed by atoms with van der Waals surface area (Å²) < 4.78 is 0. The molecule has 0 bridgehead atoms. The molecule has 1 aliphatic carbocycles. The van der Waals surface area contributed by atoms with Crippen molar-refractivity contribution in [2.45, 2.75) is 18.9 Å². The Morgan fingerprint density at radius 2 is 2.00 bits per heavy atom. The number of hydrogen-bond donors (Lipinski definition) is 3. The summed E-state index contributed by atoms with van der Waals surface area (Å²) in [6.07, 6.45) is 1.01. The van der Waals surface area contributed by atoms with Crippen LogP contribution in [-0.2, 0) is 9.59 Å². The summed E-state index contributed by atoms with van der Waals surface area (Å²) in [7, 11) is 0. The number of carbonyl (C=O) groups excluding carboxylic acids is 1. The van der Waals surface area contributed by atoms with Crippen LogP contribution in [0.5, 0.6) is 0 Å². The van der Waals surface area contributed by atoms with Crippen molar-refractivity contribution < 1.29 is 14.7 Å². The molecule has 0 unspecified atom stereocenters. The van der Waals surface area contributed by atoms with Gasteiger partial charge in [-0.05, 0) is 25.0 Å². The number of nitrogens with one attached hydrogen (secondary N) is 2. The Morgan fingerprint density at radius 1 is 1.32 bits per heavy atom. The van der Waals surface area contributed by atoms with E-state index in [4.69, 9.17) is 16.7 Å². The van der Waals surface area contributed by atoms with Crippen LogP contribution < -0.4 is 10.6 Å². The van der Waals surface area contributed by atoms with Crippen molar-refractivity contribution in [3.05, 3.63) is 29.3 Å². The number of aliphatic carboxylic acids is 1. The van der Waals surface area contributed by atoms with E-state index in [2.05, 4.69) is 10.6 Å². The molecule has 3 N–H and O–H groups in total. The first-order valence-corrected chi connectivity index (χ1v) is 6.44. The SMILES string of the molecule is O=C(CNc1ccccc1Cl)NC1CC(C(=O)O)C1. The normalized spacial score (nSPS) is 21.3. The molecule has 19 heavy (non-hydrogen) atoms. The zero-order valence-corrected chi connectivity index (χ0v) is 11.0. The second-order valence-electron chi connectivity index (χ2n) is 4.60. The summed E-state index contributed by atoms with van der Waals surface area (Å²) in [5.41, 5.74) is 0.705. The Hall–Kier alpha value is -1.75. The quantitative estimate of drug-likeness (QED) is 0.768. The molecule has 0 atom stereocenters. The highest BCUT2D eigenvalue weighted by Crippen LogP contribution is 2.27. The van der Waals surface area contributed by atoms with Crippen LogP contribution in [0.2, 0.25) is 5.02 Å². The zero-order chi connectivity index (χ0) is 13.8. The van der Waals surface area contributed by atoms with Gasteiger partial charge >= 0.3 is 5.97 Å². The van der Waals surface area contributed by atoms with Crippen LogP contribution in [0.15, 0.2) is 24.3 Å². The molecule has 1 amide bonds. The molecule has 2 rings (SSSR count). The molecule has 1 saturated carbocycles. The number of rotatable bonds is 5. The Bertz CT molecular complexity index is 487. The topological polar surface area (TPSA) is 78.4 Å². The number of para-hydroxylation sites is 1. The lowest BCUT2D eigenvalue weighted by atomic mass is 9.80. The summed E-state index contributed by atoms with van der Waals surface area (Å²) in [5.74, 6) is -1.27. The van der Waals surface area contributed by atoms with Crippen molar-refractivity contribution in [2.75, 3.05) is 11.9 Å². The number of carboxylic acid groups (broad SMARTS) is 1. The van der Waals surface area contributed by atoms with Crippen LogP contribution >= 0.6 is 11.6 Å². The summed E-state index contributed by atoms with van der Waals surface area (Å²) in [6.45, 7) is 0.123. The number of carboxylic acids is 1. The number of amides is 1. The molecule has 0 radical (unpaired) electrons. The van der Waals surface area contributed by atoms with Gasteiger partial charge < -0.3 is 15.7 Å². The lowest BCUT2D eigenvalue weighted by Crippen LogP contribution is -2.48. The van der Waals surface area contributed by atoms with E-state index in [0.29, 0.717) is 23.6 Å². The number of benzene rings is 1. The predicted octanol–water partition coefficient (Wildman–Crippen LogP) is 1.73. The number of carbonyl (C=O) groups is 2. The van der Waals surface area contributed by atoms with Crippen molar-refractivity contribution in [2.24, 2.45) is 5.92 Å². The molecule has 1 aromatic carbocycles. The van der Waals surface area contributed by atoms with Crippen LogP contribution in [0.3, 0.4) is 0 Å². The maximum absolute atomic E-state index is 11.6. The van der Waals surface area contributed by atoms with Crippen molar-refractivity contribution >= 4 is 29.2 Å². The molecule has 5 nitrogen and oxygen atoms in total. The standard InChI is InChI=1S/C13H15ClN2O3/c14-10-3-1-2-4-11(10)15-7-12(17)16-9-5-8(6-9)13(18)19/h1-4,8-9,15H,5-7H2,(H,16,17)(H,18,19). The van der Waals surface area contributed by atoms with Gasteiger partial charge in [0.25, 0.3) is 0 Å². The van der Waals surface area contributed by atoms with E-state index in [-0.39, 0.29) is 24.4 Å². The summed E-state index contributed by atoms with van der Waals surface area (Å²) in [6, 6.07) is 7.15.